The number of halogens is 2. The van der Waals surface area contributed by atoms with Crippen LogP contribution >= 0.6 is 11.8 Å². The molecule has 0 radical (unpaired) electrons. The number of hydrogen-bond acceptors (Lipinski definition) is 3. The van der Waals surface area contributed by atoms with Gasteiger partial charge in [0.2, 0.25) is 0 Å². The molecule has 0 spiro atoms. The van der Waals surface area contributed by atoms with E-state index < -0.39 is 11.6 Å². The van der Waals surface area contributed by atoms with Gasteiger partial charge in [-0.25, -0.2) is 8.78 Å². The first kappa shape index (κ1) is 14.0. The summed E-state index contributed by atoms with van der Waals surface area (Å²) in [7, 11) is 0. The van der Waals surface area contributed by atoms with Crippen LogP contribution in [0.4, 0.5) is 8.78 Å². The standard InChI is InChI=1S/C12H14F2O2S/c1-2-16-12(15)4-3-7-17-9-5-6-10(13)11(14)8-9/h5-6,8H,2-4,7H2,1H3. The molecule has 0 saturated heterocycles. The molecule has 1 rings (SSSR count). The number of benzene rings is 1. The number of ether oxygens (including phenoxy) is 1. The summed E-state index contributed by atoms with van der Waals surface area (Å²) in [6, 6.07) is 3.78. The van der Waals surface area contributed by atoms with Crippen molar-refractivity contribution < 1.29 is 18.3 Å². The molecular formula is C12H14F2O2S. The van der Waals surface area contributed by atoms with Gasteiger partial charge in [-0.05, 0) is 37.3 Å². The molecule has 0 aromatic heterocycles. The van der Waals surface area contributed by atoms with Crippen molar-refractivity contribution in [1.82, 2.24) is 0 Å². The van der Waals surface area contributed by atoms with E-state index >= 15 is 0 Å². The van der Waals surface area contributed by atoms with Gasteiger partial charge in [-0.15, -0.1) is 11.8 Å². The normalized spacial score (nSPS) is 10.3. The first-order valence-corrected chi connectivity index (χ1v) is 6.35. The van der Waals surface area contributed by atoms with Crippen LogP contribution in [0.2, 0.25) is 0 Å². The van der Waals surface area contributed by atoms with Crippen LogP contribution in [-0.4, -0.2) is 18.3 Å². The lowest BCUT2D eigenvalue weighted by atomic mass is 10.3. The lowest BCUT2D eigenvalue weighted by Gasteiger charge is -2.03. The van der Waals surface area contributed by atoms with Crippen LogP contribution in [0.3, 0.4) is 0 Å². The zero-order valence-electron chi connectivity index (χ0n) is 9.54. The molecular weight excluding hydrogens is 246 g/mol. The molecule has 0 atom stereocenters. The molecule has 0 bridgehead atoms. The second kappa shape index (κ2) is 7.27. The molecule has 1 aromatic carbocycles. The van der Waals surface area contributed by atoms with E-state index in [-0.39, 0.29) is 5.97 Å². The Morgan fingerprint density at radius 3 is 2.76 bits per heavy atom. The lowest BCUT2D eigenvalue weighted by Crippen LogP contribution is -2.03. The molecule has 0 N–H and O–H groups in total. The fourth-order valence-corrected chi connectivity index (χ4v) is 2.08. The van der Waals surface area contributed by atoms with E-state index in [0.717, 1.165) is 12.1 Å². The molecule has 0 aliphatic rings. The van der Waals surface area contributed by atoms with E-state index in [2.05, 4.69) is 0 Å². The Balaban J connectivity index is 2.26. The smallest absolute Gasteiger partial charge is 0.305 e. The van der Waals surface area contributed by atoms with Gasteiger partial charge in [0.05, 0.1) is 6.61 Å². The van der Waals surface area contributed by atoms with E-state index in [4.69, 9.17) is 4.74 Å². The van der Waals surface area contributed by atoms with Crippen LogP contribution < -0.4 is 0 Å². The first-order valence-electron chi connectivity index (χ1n) is 5.37. The van der Waals surface area contributed by atoms with Crippen LogP contribution in [0.15, 0.2) is 23.1 Å². The van der Waals surface area contributed by atoms with E-state index in [9.17, 15) is 13.6 Å². The average molecular weight is 260 g/mol. The van der Waals surface area contributed by atoms with Crippen molar-refractivity contribution in [2.75, 3.05) is 12.4 Å². The van der Waals surface area contributed by atoms with Crippen LogP contribution in [0, 0.1) is 11.6 Å². The van der Waals surface area contributed by atoms with Crippen molar-refractivity contribution in [3.05, 3.63) is 29.8 Å². The minimum Gasteiger partial charge on any atom is -0.466 e. The molecule has 17 heavy (non-hydrogen) atoms. The number of hydrogen-bond donors (Lipinski definition) is 0. The fourth-order valence-electron chi connectivity index (χ4n) is 1.21. The highest BCUT2D eigenvalue weighted by molar-refractivity contribution is 7.99. The van der Waals surface area contributed by atoms with Gasteiger partial charge in [0, 0.05) is 11.3 Å². The zero-order chi connectivity index (χ0) is 12.7. The molecule has 94 valence electrons. The second-order valence-electron chi connectivity index (χ2n) is 3.33. The van der Waals surface area contributed by atoms with Crippen LogP contribution in [-0.2, 0) is 9.53 Å². The van der Waals surface area contributed by atoms with Crippen LogP contribution in [0.25, 0.3) is 0 Å². The molecule has 0 aliphatic heterocycles. The van der Waals surface area contributed by atoms with E-state index in [1.165, 1.54) is 17.8 Å². The Hall–Kier alpha value is -1.10. The molecule has 0 unspecified atom stereocenters. The highest BCUT2D eigenvalue weighted by Gasteiger charge is 2.04. The zero-order valence-corrected chi connectivity index (χ0v) is 10.4. The maximum Gasteiger partial charge on any atom is 0.305 e. The molecule has 5 heteroatoms. The number of rotatable bonds is 6. The molecule has 2 nitrogen and oxygen atoms in total. The predicted molar refractivity (Wildman–Crippen MR) is 62.9 cm³/mol. The molecule has 1 aromatic rings. The summed E-state index contributed by atoms with van der Waals surface area (Å²) < 4.78 is 30.3. The lowest BCUT2D eigenvalue weighted by molar-refractivity contribution is -0.143. The van der Waals surface area contributed by atoms with Crippen molar-refractivity contribution in [3.63, 3.8) is 0 Å². The number of esters is 1. The first-order chi connectivity index (χ1) is 8.13. The fraction of sp³-hybridized carbons (Fsp3) is 0.417. The van der Waals surface area contributed by atoms with Gasteiger partial charge in [0.1, 0.15) is 0 Å². The number of carbonyl (C=O) groups excluding carboxylic acids is 1. The van der Waals surface area contributed by atoms with Crippen molar-refractivity contribution in [2.45, 2.75) is 24.7 Å². The quantitative estimate of drug-likeness (QED) is 0.445. The van der Waals surface area contributed by atoms with Gasteiger partial charge in [-0.1, -0.05) is 0 Å². The predicted octanol–water partition coefficient (Wildman–Crippen LogP) is 3.40. The maximum absolute atomic E-state index is 12.9. The molecule has 0 heterocycles. The summed E-state index contributed by atoms with van der Waals surface area (Å²) in [6.45, 7) is 2.14. The highest BCUT2D eigenvalue weighted by Crippen LogP contribution is 2.21. The van der Waals surface area contributed by atoms with Gasteiger partial charge in [-0.3, -0.25) is 4.79 Å². The third-order valence-electron chi connectivity index (χ3n) is 1.99. The maximum atomic E-state index is 12.9. The van der Waals surface area contributed by atoms with E-state index in [1.54, 1.807) is 6.92 Å². The van der Waals surface area contributed by atoms with Gasteiger partial charge in [0.25, 0.3) is 0 Å². The third kappa shape index (κ3) is 5.17. The minimum atomic E-state index is -0.847. The largest absolute Gasteiger partial charge is 0.466 e. The third-order valence-corrected chi connectivity index (χ3v) is 3.07. The Labute approximate surface area is 103 Å². The summed E-state index contributed by atoms with van der Waals surface area (Å²) >= 11 is 1.39. The Bertz CT molecular complexity index is 383. The summed E-state index contributed by atoms with van der Waals surface area (Å²) in [5, 5.41) is 0. The Morgan fingerprint density at radius 1 is 1.35 bits per heavy atom. The Kier molecular flexibility index (Phi) is 5.97. The highest BCUT2D eigenvalue weighted by atomic mass is 32.2. The average Bonchev–Trinajstić information content (AvgIpc) is 2.29. The van der Waals surface area contributed by atoms with Crippen molar-refractivity contribution in [2.24, 2.45) is 0 Å². The molecule has 0 saturated carbocycles. The van der Waals surface area contributed by atoms with Crippen LogP contribution in [0.1, 0.15) is 19.8 Å². The number of thioether (sulfide) groups is 1. The van der Waals surface area contributed by atoms with Gasteiger partial charge < -0.3 is 4.74 Å². The van der Waals surface area contributed by atoms with Gasteiger partial charge in [0.15, 0.2) is 11.6 Å². The van der Waals surface area contributed by atoms with Crippen molar-refractivity contribution in [1.29, 1.82) is 0 Å². The summed E-state index contributed by atoms with van der Waals surface area (Å²) in [5.74, 6) is -1.25. The molecule has 0 fully saturated rings. The SMILES string of the molecule is CCOC(=O)CCCSc1ccc(F)c(F)c1. The molecule has 0 aliphatic carbocycles. The summed E-state index contributed by atoms with van der Waals surface area (Å²) in [4.78, 5) is 11.7. The van der Waals surface area contributed by atoms with Crippen LogP contribution in [0.5, 0.6) is 0 Å². The van der Waals surface area contributed by atoms with Crippen molar-refractivity contribution >= 4 is 17.7 Å². The Morgan fingerprint density at radius 2 is 2.12 bits per heavy atom. The molecule has 0 amide bonds. The van der Waals surface area contributed by atoms with Gasteiger partial charge in [-0.2, -0.15) is 0 Å². The minimum absolute atomic E-state index is 0.224. The summed E-state index contributed by atoms with van der Waals surface area (Å²) in [5.41, 5.74) is 0. The second-order valence-corrected chi connectivity index (χ2v) is 4.50. The van der Waals surface area contributed by atoms with E-state index in [1.807, 2.05) is 0 Å². The van der Waals surface area contributed by atoms with Gasteiger partial charge >= 0.3 is 5.97 Å². The van der Waals surface area contributed by atoms with Crippen molar-refractivity contribution in [3.8, 4) is 0 Å². The topological polar surface area (TPSA) is 26.3 Å². The monoisotopic (exact) mass is 260 g/mol. The number of carbonyl (C=O) groups is 1. The summed E-state index contributed by atoms with van der Waals surface area (Å²) in [6.07, 6.45) is 1.01. The van der Waals surface area contributed by atoms with E-state index in [0.29, 0.717) is 30.1 Å².